The highest BCUT2D eigenvalue weighted by molar-refractivity contribution is 5.73. The molecule has 0 radical (unpaired) electrons. The average molecular weight is 285 g/mol. The Morgan fingerprint density at radius 2 is 1.80 bits per heavy atom. The first kappa shape index (κ1) is 17.0. The van der Waals surface area contributed by atoms with Crippen LogP contribution in [-0.4, -0.2) is 48.7 Å². The van der Waals surface area contributed by atoms with E-state index < -0.39 is 5.97 Å². The number of likely N-dealkylation sites (tertiary alicyclic amines) is 1. The van der Waals surface area contributed by atoms with E-state index in [4.69, 9.17) is 5.11 Å². The number of hydrogen-bond donors (Lipinski definition) is 1. The zero-order valence-electron chi connectivity index (χ0n) is 13.0. The van der Waals surface area contributed by atoms with Crippen molar-refractivity contribution in [2.75, 3.05) is 20.7 Å². The van der Waals surface area contributed by atoms with E-state index >= 15 is 0 Å². The van der Waals surface area contributed by atoms with Crippen molar-refractivity contribution in [3.05, 3.63) is 0 Å². The molecule has 0 bridgehead atoms. The van der Waals surface area contributed by atoms with E-state index in [0.717, 1.165) is 25.8 Å². The number of carboxylic acid groups (broad SMARTS) is 1. The molecule has 1 heterocycles. The molecule has 0 unspecified atom stereocenters. The van der Waals surface area contributed by atoms with Crippen molar-refractivity contribution in [1.82, 2.24) is 4.90 Å². The Kier molecular flexibility index (Phi) is 6.46. The molecule has 2 fully saturated rings. The minimum atomic E-state index is -0.688. The summed E-state index contributed by atoms with van der Waals surface area (Å²) < 4.78 is 4.64. The molecule has 0 amide bonds. The lowest BCUT2D eigenvalue weighted by Crippen LogP contribution is -2.32. The maximum absolute atomic E-state index is 10.9. The molecular formula is C15H27NO4. The van der Waals surface area contributed by atoms with E-state index in [-0.39, 0.29) is 17.9 Å². The molecule has 0 aromatic rings. The van der Waals surface area contributed by atoms with Crippen molar-refractivity contribution in [2.24, 2.45) is 17.8 Å². The summed E-state index contributed by atoms with van der Waals surface area (Å²) in [5, 5.41) is 8.66. The third-order valence-electron chi connectivity index (χ3n) is 4.27. The van der Waals surface area contributed by atoms with Crippen LogP contribution in [0.3, 0.4) is 0 Å². The molecule has 1 saturated heterocycles. The minimum absolute atomic E-state index is 0.0237. The van der Waals surface area contributed by atoms with Gasteiger partial charge in [-0.3, -0.25) is 14.5 Å². The summed E-state index contributed by atoms with van der Waals surface area (Å²) in [7, 11) is 3.33. The lowest BCUT2D eigenvalue weighted by molar-refractivity contribution is -0.145. The van der Waals surface area contributed by atoms with Crippen LogP contribution >= 0.6 is 0 Å². The van der Waals surface area contributed by atoms with Gasteiger partial charge in [-0.2, -0.15) is 0 Å². The van der Waals surface area contributed by atoms with E-state index in [1.54, 1.807) is 0 Å². The van der Waals surface area contributed by atoms with Gasteiger partial charge in [0.25, 0.3) is 0 Å². The number of rotatable bonds is 2. The second kappa shape index (κ2) is 7.62. The van der Waals surface area contributed by atoms with E-state index in [0.29, 0.717) is 11.8 Å². The summed E-state index contributed by atoms with van der Waals surface area (Å²) in [6.07, 6.45) is 4.02. The number of esters is 1. The molecule has 2 rings (SSSR count). The zero-order chi connectivity index (χ0) is 15.3. The molecule has 1 N–H and O–H groups in total. The number of aliphatic carboxylic acids is 1. The van der Waals surface area contributed by atoms with Crippen LogP contribution in [0.25, 0.3) is 0 Å². The lowest BCUT2D eigenvalue weighted by atomic mass is 10.1. The third kappa shape index (κ3) is 4.78. The maximum atomic E-state index is 10.9. The van der Waals surface area contributed by atoms with Crippen LogP contribution in [0, 0.1) is 17.8 Å². The first-order chi connectivity index (χ1) is 9.35. The summed E-state index contributed by atoms with van der Waals surface area (Å²) in [5.74, 6) is 0.728. The monoisotopic (exact) mass is 285 g/mol. The third-order valence-corrected chi connectivity index (χ3v) is 4.27. The Bertz CT molecular complexity index is 345. The molecular weight excluding hydrogens is 258 g/mol. The van der Waals surface area contributed by atoms with Crippen molar-refractivity contribution in [3.8, 4) is 0 Å². The van der Waals surface area contributed by atoms with Gasteiger partial charge in [0, 0.05) is 6.54 Å². The smallest absolute Gasteiger partial charge is 0.320 e. The van der Waals surface area contributed by atoms with Crippen LogP contribution in [0.1, 0.15) is 39.5 Å². The van der Waals surface area contributed by atoms with Crippen LogP contribution in [0.4, 0.5) is 0 Å². The Hall–Kier alpha value is -1.10. The number of methoxy groups -OCH3 is 1. The van der Waals surface area contributed by atoms with Gasteiger partial charge in [0.05, 0.1) is 13.0 Å². The molecule has 0 spiro atoms. The summed E-state index contributed by atoms with van der Waals surface area (Å²) in [4.78, 5) is 23.3. The molecule has 5 nitrogen and oxygen atoms in total. The number of carbonyl (C=O) groups excluding carboxylic acids is 1. The van der Waals surface area contributed by atoms with Crippen LogP contribution in [0.15, 0.2) is 0 Å². The first-order valence-electron chi connectivity index (χ1n) is 7.36. The van der Waals surface area contributed by atoms with Gasteiger partial charge in [-0.05, 0) is 44.6 Å². The fraction of sp³-hybridized carbons (Fsp3) is 0.867. The van der Waals surface area contributed by atoms with E-state index in [9.17, 15) is 9.59 Å². The highest BCUT2D eigenvalue weighted by Gasteiger charge is 2.31. The quantitative estimate of drug-likeness (QED) is 0.786. The average Bonchev–Trinajstić information content (AvgIpc) is 2.95. The lowest BCUT2D eigenvalue weighted by Gasteiger charge is -2.13. The molecule has 1 aliphatic carbocycles. The fourth-order valence-corrected chi connectivity index (χ4v) is 3.13. The summed E-state index contributed by atoms with van der Waals surface area (Å²) >= 11 is 0. The second-order valence-electron chi connectivity index (χ2n) is 6.27. The number of likely N-dealkylation sites (N-methyl/N-ethyl adjacent to an activating group) is 1. The van der Waals surface area contributed by atoms with Gasteiger partial charge in [-0.25, -0.2) is 0 Å². The Balaban J connectivity index is 0.000000200. The number of ether oxygens (including phenoxy) is 1. The van der Waals surface area contributed by atoms with Crippen LogP contribution in [0.5, 0.6) is 0 Å². The van der Waals surface area contributed by atoms with Gasteiger partial charge < -0.3 is 9.84 Å². The Morgan fingerprint density at radius 3 is 2.10 bits per heavy atom. The molecule has 0 aromatic carbocycles. The molecule has 0 aromatic heterocycles. The number of carbonyl (C=O) groups is 2. The summed E-state index contributed by atoms with van der Waals surface area (Å²) in [6.45, 7) is 5.18. The molecule has 5 heteroatoms. The van der Waals surface area contributed by atoms with E-state index in [1.165, 1.54) is 13.5 Å². The summed E-state index contributed by atoms with van der Waals surface area (Å²) in [5.41, 5.74) is 0. The van der Waals surface area contributed by atoms with E-state index in [2.05, 4.69) is 18.6 Å². The number of carboxylic acids is 1. The predicted molar refractivity (Wildman–Crippen MR) is 76.4 cm³/mol. The molecule has 1 aliphatic heterocycles. The molecule has 2 aliphatic rings. The first-order valence-corrected chi connectivity index (χ1v) is 7.36. The zero-order valence-corrected chi connectivity index (χ0v) is 13.0. The van der Waals surface area contributed by atoms with E-state index in [1.807, 2.05) is 11.9 Å². The predicted octanol–water partition coefficient (Wildman–Crippen LogP) is 2.01. The van der Waals surface area contributed by atoms with Gasteiger partial charge in [-0.15, -0.1) is 0 Å². The van der Waals surface area contributed by atoms with Crippen LogP contribution in [0.2, 0.25) is 0 Å². The SMILES string of the molecule is COC(=O)[C@H]1CC[C@H](C)C1.C[C@@H]1C[C@@H](C(=O)O)N(C)C1. The maximum Gasteiger partial charge on any atom is 0.320 e. The fourth-order valence-electron chi connectivity index (χ4n) is 3.13. The van der Waals surface area contributed by atoms with Crippen molar-refractivity contribution in [2.45, 2.75) is 45.6 Å². The largest absolute Gasteiger partial charge is 0.480 e. The van der Waals surface area contributed by atoms with Crippen LogP contribution < -0.4 is 0 Å². The second-order valence-corrected chi connectivity index (χ2v) is 6.27. The van der Waals surface area contributed by atoms with Crippen molar-refractivity contribution in [1.29, 1.82) is 0 Å². The highest BCUT2D eigenvalue weighted by Crippen LogP contribution is 2.30. The van der Waals surface area contributed by atoms with Crippen molar-refractivity contribution >= 4 is 11.9 Å². The Morgan fingerprint density at radius 1 is 1.15 bits per heavy atom. The van der Waals surface area contributed by atoms with Gasteiger partial charge in [0.15, 0.2) is 0 Å². The van der Waals surface area contributed by atoms with Crippen LogP contribution in [-0.2, 0) is 14.3 Å². The minimum Gasteiger partial charge on any atom is -0.480 e. The number of nitrogens with zero attached hydrogens (tertiary/aromatic N) is 1. The molecule has 116 valence electrons. The summed E-state index contributed by atoms with van der Waals surface area (Å²) in [6, 6.07) is -0.241. The van der Waals surface area contributed by atoms with Crippen molar-refractivity contribution in [3.63, 3.8) is 0 Å². The van der Waals surface area contributed by atoms with Gasteiger partial charge in [0.1, 0.15) is 6.04 Å². The molecule has 1 saturated carbocycles. The van der Waals surface area contributed by atoms with Gasteiger partial charge >= 0.3 is 11.9 Å². The highest BCUT2D eigenvalue weighted by atomic mass is 16.5. The number of hydrogen-bond acceptors (Lipinski definition) is 4. The Labute approximate surface area is 121 Å². The topological polar surface area (TPSA) is 66.8 Å². The van der Waals surface area contributed by atoms with Crippen molar-refractivity contribution < 1.29 is 19.4 Å². The van der Waals surface area contributed by atoms with Gasteiger partial charge in [0.2, 0.25) is 0 Å². The standard InChI is InChI=1S/C8H14O2.C7H13NO2/c1-6-3-4-7(5-6)8(9)10-2;1-5-3-6(7(9)10)8(2)4-5/h6-7H,3-5H2,1-2H3;5-6H,3-4H2,1-2H3,(H,9,10)/t6-,7-;5-,6+/m01/s1. The molecule has 20 heavy (non-hydrogen) atoms. The normalized spacial score (nSPS) is 33.4. The molecule has 4 atom stereocenters. The van der Waals surface area contributed by atoms with Gasteiger partial charge in [-0.1, -0.05) is 13.8 Å².